The summed E-state index contributed by atoms with van der Waals surface area (Å²) >= 11 is 0. The average Bonchev–Trinajstić information content (AvgIpc) is 3.31. The Hall–Kier alpha value is -2.66. The Kier molecular flexibility index (Phi) is 3.85. The second kappa shape index (κ2) is 6.17. The lowest BCUT2D eigenvalue weighted by atomic mass is 9.72. The molecule has 1 N–H and O–H groups in total. The van der Waals surface area contributed by atoms with Crippen molar-refractivity contribution in [3.63, 3.8) is 0 Å². The van der Waals surface area contributed by atoms with Crippen molar-refractivity contribution in [3.05, 3.63) is 65.7 Å². The zero-order valence-corrected chi connectivity index (χ0v) is 16.0. The molecule has 0 bridgehead atoms. The number of carbonyl (C=O) groups excluding carboxylic acids is 2. The Morgan fingerprint density at radius 3 is 2.54 bits per heavy atom. The van der Waals surface area contributed by atoms with Crippen LogP contribution in [0, 0.1) is 5.41 Å². The van der Waals surface area contributed by atoms with Gasteiger partial charge in [0.05, 0.1) is 18.1 Å². The molecule has 1 saturated heterocycles. The molecule has 144 valence electrons. The van der Waals surface area contributed by atoms with Crippen LogP contribution in [0.2, 0.25) is 0 Å². The molecule has 2 aliphatic heterocycles. The van der Waals surface area contributed by atoms with Crippen molar-refractivity contribution in [3.8, 4) is 0 Å². The largest absolute Gasteiger partial charge is 0.384 e. The summed E-state index contributed by atoms with van der Waals surface area (Å²) in [6, 6.07) is 17.6. The summed E-state index contributed by atoms with van der Waals surface area (Å²) in [5, 5.41) is 3.07. The molecule has 0 unspecified atom stereocenters. The van der Waals surface area contributed by atoms with Gasteiger partial charge in [-0.3, -0.25) is 9.59 Å². The maximum Gasteiger partial charge on any atom is 0.237 e. The highest BCUT2D eigenvalue weighted by Crippen LogP contribution is 2.57. The minimum Gasteiger partial charge on any atom is -0.384 e. The number of amides is 2. The number of anilines is 1. The molecule has 1 spiro atoms. The number of para-hydroxylation sites is 1. The lowest BCUT2D eigenvalue weighted by Crippen LogP contribution is -2.45. The van der Waals surface area contributed by atoms with Crippen molar-refractivity contribution in [1.82, 2.24) is 4.90 Å². The van der Waals surface area contributed by atoms with Crippen LogP contribution >= 0.6 is 0 Å². The standard InChI is InChI=1S/C23H24N2O3/c1-28-15-22(11-12-22)21(27)25-14-13-23(19(25)16-7-3-2-4-8-16)17-9-5-6-10-18(17)24-20(23)26/h2-10,19H,11-15H2,1H3,(H,24,26)/t19-,23+/m0/s1. The third-order valence-electron chi connectivity index (χ3n) is 6.69. The molecule has 2 aromatic carbocycles. The summed E-state index contributed by atoms with van der Waals surface area (Å²) in [6.07, 6.45) is 2.34. The van der Waals surface area contributed by atoms with Crippen LogP contribution in [-0.2, 0) is 19.7 Å². The predicted octanol–water partition coefficient (Wildman–Crippen LogP) is 3.28. The van der Waals surface area contributed by atoms with Crippen molar-refractivity contribution in [1.29, 1.82) is 0 Å². The van der Waals surface area contributed by atoms with Gasteiger partial charge in [-0.1, -0.05) is 48.5 Å². The number of ether oxygens (including phenoxy) is 1. The van der Waals surface area contributed by atoms with E-state index in [9.17, 15) is 9.59 Å². The van der Waals surface area contributed by atoms with E-state index in [0.29, 0.717) is 19.6 Å². The lowest BCUT2D eigenvalue weighted by Gasteiger charge is -2.36. The molecule has 5 heteroatoms. The van der Waals surface area contributed by atoms with E-state index < -0.39 is 10.8 Å². The van der Waals surface area contributed by atoms with E-state index >= 15 is 0 Å². The number of nitrogens with one attached hydrogen (secondary N) is 1. The van der Waals surface area contributed by atoms with Crippen LogP contribution in [0.3, 0.4) is 0 Å². The highest BCUT2D eigenvalue weighted by molar-refractivity contribution is 6.08. The number of methoxy groups -OCH3 is 1. The van der Waals surface area contributed by atoms with Crippen LogP contribution in [0.15, 0.2) is 54.6 Å². The zero-order chi connectivity index (χ0) is 19.4. The fourth-order valence-corrected chi connectivity index (χ4v) is 5.16. The van der Waals surface area contributed by atoms with Crippen LogP contribution in [0.1, 0.15) is 36.4 Å². The van der Waals surface area contributed by atoms with Gasteiger partial charge in [-0.15, -0.1) is 0 Å². The summed E-state index contributed by atoms with van der Waals surface area (Å²) in [5.74, 6) is 0.117. The van der Waals surface area contributed by atoms with Crippen LogP contribution in [0.25, 0.3) is 0 Å². The minimum atomic E-state index is -0.739. The van der Waals surface area contributed by atoms with Crippen LogP contribution in [0.4, 0.5) is 5.69 Å². The summed E-state index contributed by atoms with van der Waals surface area (Å²) in [7, 11) is 1.65. The number of likely N-dealkylation sites (tertiary alicyclic amines) is 1. The lowest BCUT2D eigenvalue weighted by molar-refractivity contribution is -0.141. The molecule has 2 fully saturated rings. The highest BCUT2D eigenvalue weighted by Gasteiger charge is 2.62. The van der Waals surface area contributed by atoms with Gasteiger partial charge in [0.1, 0.15) is 5.41 Å². The Morgan fingerprint density at radius 1 is 1.11 bits per heavy atom. The molecule has 0 radical (unpaired) electrons. The molecule has 0 aromatic heterocycles. The molecule has 1 saturated carbocycles. The number of nitrogens with zero attached hydrogens (tertiary/aromatic N) is 1. The quantitative estimate of drug-likeness (QED) is 0.891. The van der Waals surface area contributed by atoms with E-state index in [2.05, 4.69) is 5.32 Å². The number of carbonyl (C=O) groups is 2. The van der Waals surface area contributed by atoms with E-state index in [-0.39, 0.29) is 17.9 Å². The van der Waals surface area contributed by atoms with Gasteiger partial charge in [-0.25, -0.2) is 0 Å². The first-order chi connectivity index (χ1) is 13.6. The van der Waals surface area contributed by atoms with Gasteiger partial charge < -0.3 is 15.0 Å². The van der Waals surface area contributed by atoms with Gasteiger partial charge in [0.2, 0.25) is 11.8 Å². The first-order valence-corrected chi connectivity index (χ1v) is 9.88. The molecule has 2 aromatic rings. The molecule has 5 rings (SSSR count). The number of rotatable bonds is 4. The van der Waals surface area contributed by atoms with Gasteiger partial charge in [-0.05, 0) is 36.5 Å². The molecular weight excluding hydrogens is 352 g/mol. The van der Waals surface area contributed by atoms with E-state index in [4.69, 9.17) is 4.74 Å². The number of fused-ring (bicyclic) bond motifs is 2. The molecule has 2 amide bonds. The zero-order valence-electron chi connectivity index (χ0n) is 16.0. The summed E-state index contributed by atoms with van der Waals surface area (Å²) in [6.45, 7) is 1.02. The molecule has 28 heavy (non-hydrogen) atoms. The van der Waals surface area contributed by atoms with Crippen LogP contribution in [-0.4, -0.2) is 37.0 Å². The van der Waals surface area contributed by atoms with Gasteiger partial charge in [-0.2, -0.15) is 0 Å². The third-order valence-corrected chi connectivity index (χ3v) is 6.69. The fraction of sp³-hybridized carbons (Fsp3) is 0.391. The Bertz CT molecular complexity index is 938. The Balaban J connectivity index is 1.64. The monoisotopic (exact) mass is 376 g/mol. The molecule has 1 aliphatic carbocycles. The van der Waals surface area contributed by atoms with Crippen molar-refractivity contribution in [2.45, 2.75) is 30.7 Å². The predicted molar refractivity (Wildman–Crippen MR) is 106 cm³/mol. The minimum absolute atomic E-state index is 0.00515. The smallest absolute Gasteiger partial charge is 0.237 e. The molecular formula is C23H24N2O3. The highest BCUT2D eigenvalue weighted by atomic mass is 16.5. The second-order valence-electron chi connectivity index (χ2n) is 8.25. The molecule has 5 nitrogen and oxygen atoms in total. The fourth-order valence-electron chi connectivity index (χ4n) is 5.16. The van der Waals surface area contributed by atoms with Crippen molar-refractivity contribution in [2.75, 3.05) is 25.6 Å². The number of hydrogen-bond acceptors (Lipinski definition) is 3. The van der Waals surface area contributed by atoms with Gasteiger partial charge in [0, 0.05) is 19.3 Å². The van der Waals surface area contributed by atoms with Gasteiger partial charge in [0.15, 0.2) is 0 Å². The van der Waals surface area contributed by atoms with E-state index in [1.807, 2.05) is 59.5 Å². The van der Waals surface area contributed by atoms with E-state index in [1.54, 1.807) is 7.11 Å². The van der Waals surface area contributed by atoms with Gasteiger partial charge >= 0.3 is 0 Å². The number of benzene rings is 2. The second-order valence-corrected chi connectivity index (χ2v) is 8.25. The number of hydrogen-bond donors (Lipinski definition) is 1. The van der Waals surface area contributed by atoms with Gasteiger partial charge in [0.25, 0.3) is 0 Å². The molecule has 2 heterocycles. The first kappa shape index (κ1) is 17.4. The SMILES string of the molecule is COCC1(C(=O)N2CC[C@]3(C(=O)Nc4ccccc43)[C@@H]2c2ccccc2)CC1. The molecule has 3 aliphatic rings. The maximum absolute atomic E-state index is 13.6. The van der Waals surface area contributed by atoms with Crippen molar-refractivity contribution < 1.29 is 14.3 Å². The van der Waals surface area contributed by atoms with Crippen LogP contribution in [0.5, 0.6) is 0 Å². The van der Waals surface area contributed by atoms with Crippen LogP contribution < -0.4 is 5.32 Å². The molecule has 2 atom stereocenters. The first-order valence-electron chi connectivity index (χ1n) is 9.88. The summed E-state index contributed by atoms with van der Waals surface area (Å²) < 4.78 is 5.36. The van der Waals surface area contributed by atoms with Crippen molar-refractivity contribution >= 4 is 17.5 Å². The Labute approximate surface area is 164 Å². The Morgan fingerprint density at radius 2 is 1.82 bits per heavy atom. The summed E-state index contributed by atoms with van der Waals surface area (Å²) in [4.78, 5) is 28.8. The summed E-state index contributed by atoms with van der Waals surface area (Å²) in [5.41, 5.74) is 1.72. The van der Waals surface area contributed by atoms with E-state index in [1.165, 1.54) is 0 Å². The topological polar surface area (TPSA) is 58.6 Å². The normalized spacial score (nSPS) is 27.0. The maximum atomic E-state index is 13.6. The van der Waals surface area contributed by atoms with E-state index in [0.717, 1.165) is 29.7 Å². The van der Waals surface area contributed by atoms with Crippen molar-refractivity contribution in [2.24, 2.45) is 5.41 Å². The average molecular weight is 376 g/mol. The third kappa shape index (κ3) is 2.29.